The van der Waals surface area contributed by atoms with Crippen LogP contribution in [0, 0.1) is 5.41 Å². The van der Waals surface area contributed by atoms with Gasteiger partial charge in [0.05, 0.1) is 11.6 Å². The number of fused-ring (bicyclic) bond motifs is 1. The van der Waals surface area contributed by atoms with E-state index in [9.17, 15) is 0 Å². The highest BCUT2D eigenvalue weighted by Crippen LogP contribution is 2.46. The van der Waals surface area contributed by atoms with Crippen LogP contribution in [-0.2, 0) is 0 Å². The predicted octanol–water partition coefficient (Wildman–Crippen LogP) is 1.15. The van der Waals surface area contributed by atoms with Crippen molar-refractivity contribution in [3.63, 3.8) is 0 Å². The molecule has 0 radical (unpaired) electrons. The number of hydrogen-bond donors (Lipinski definition) is 3. The zero-order chi connectivity index (χ0) is 11.3. The average Bonchev–Trinajstić information content (AvgIpc) is 2.63. The lowest BCUT2D eigenvalue weighted by atomic mass is 10.2. The number of aromatic nitrogens is 4. The van der Waals surface area contributed by atoms with Crippen LogP contribution in [0.1, 0.15) is 20.3 Å². The summed E-state index contributed by atoms with van der Waals surface area (Å²) in [5, 5.41) is 11.0. The van der Waals surface area contributed by atoms with E-state index in [-0.39, 0.29) is 5.95 Å². The van der Waals surface area contributed by atoms with Crippen LogP contribution in [0.5, 0.6) is 0 Å². The summed E-state index contributed by atoms with van der Waals surface area (Å²) in [5.74, 6) is 1.03. The van der Waals surface area contributed by atoms with E-state index in [0.717, 1.165) is 17.6 Å². The molecule has 2 heterocycles. The Bertz CT molecular complexity index is 543. The van der Waals surface area contributed by atoms with Gasteiger partial charge in [0.1, 0.15) is 5.82 Å². The third kappa shape index (κ3) is 1.37. The maximum absolute atomic E-state index is 5.64. The molecule has 4 N–H and O–H groups in total. The van der Waals surface area contributed by atoms with Crippen LogP contribution >= 0.6 is 0 Å². The Morgan fingerprint density at radius 2 is 2.25 bits per heavy atom. The van der Waals surface area contributed by atoms with Gasteiger partial charge in [0.2, 0.25) is 5.95 Å². The summed E-state index contributed by atoms with van der Waals surface area (Å²) in [4.78, 5) is 8.28. The van der Waals surface area contributed by atoms with Crippen LogP contribution in [0.3, 0.4) is 0 Å². The summed E-state index contributed by atoms with van der Waals surface area (Å²) < 4.78 is 0. The summed E-state index contributed by atoms with van der Waals surface area (Å²) in [7, 11) is 0. The highest BCUT2D eigenvalue weighted by atomic mass is 15.2. The van der Waals surface area contributed by atoms with Crippen molar-refractivity contribution in [3.8, 4) is 0 Å². The standard InChI is InChI=1S/C10H14N6/c1-10(2)3-6(10)13-7-5-4-12-16-8(5)15-9(11)14-7/h4,6H,3H2,1-2H3,(H4,11,12,13,14,15,16). The lowest BCUT2D eigenvalue weighted by Crippen LogP contribution is -2.11. The molecule has 3 rings (SSSR count). The van der Waals surface area contributed by atoms with Gasteiger partial charge in [-0.1, -0.05) is 13.8 Å². The van der Waals surface area contributed by atoms with Crippen LogP contribution in [0.15, 0.2) is 6.20 Å². The molecule has 1 aliphatic rings. The monoisotopic (exact) mass is 218 g/mol. The first-order chi connectivity index (χ1) is 7.56. The first-order valence-electron chi connectivity index (χ1n) is 5.29. The van der Waals surface area contributed by atoms with Crippen LogP contribution in [0.2, 0.25) is 0 Å². The Balaban J connectivity index is 1.99. The Morgan fingerprint density at radius 3 is 2.94 bits per heavy atom. The molecule has 1 atom stereocenters. The molecule has 0 spiro atoms. The van der Waals surface area contributed by atoms with Gasteiger partial charge in [-0.05, 0) is 11.8 Å². The minimum atomic E-state index is 0.262. The predicted molar refractivity (Wildman–Crippen MR) is 61.9 cm³/mol. The third-order valence-electron chi connectivity index (χ3n) is 3.15. The second kappa shape index (κ2) is 2.84. The number of nitrogens with one attached hydrogen (secondary N) is 2. The molecule has 16 heavy (non-hydrogen) atoms. The van der Waals surface area contributed by atoms with Gasteiger partial charge in [0.15, 0.2) is 5.65 Å². The molecular formula is C10H14N6. The van der Waals surface area contributed by atoms with Crippen molar-refractivity contribution in [1.29, 1.82) is 0 Å². The van der Waals surface area contributed by atoms with E-state index in [0.29, 0.717) is 17.1 Å². The normalized spacial score (nSPS) is 22.2. The van der Waals surface area contributed by atoms with Crippen molar-refractivity contribution >= 4 is 22.8 Å². The number of rotatable bonds is 2. The number of nitrogens with two attached hydrogens (primary N) is 1. The molecule has 1 saturated carbocycles. The van der Waals surface area contributed by atoms with Gasteiger partial charge < -0.3 is 11.1 Å². The fourth-order valence-corrected chi connectivity index (χ4v) is 1.84. The van der Waals surface area contributed by atoms with Crippen LogP contribution in [0.4, 0.5) is 11.8 Å². The number of nitrogens with zero attached hydrogens (tertiary/aromatic N) is 3. The van der Waals surface area contributed by atoms with E-state index in [1.54, 1.807) is 6.20 Å². The van der Waals surface area contributed by atoms with Crippen molar-refractivity contribution in [2.75, 3.05) is 11.1 Å². The van der Waals surface area contributed by atoms with Gasteiger partial charge in [-0.3, -0.25) is 5.10 Å². The molecule has 0 bridgehead atoms. The van der Waals surface area contributed by atoms with Crippen molar-refractivity contribution in [1.82, 2.24) is 20.2 Å². The molecule has 6 nitrogen and oxygen atoms in total. The first-order valence-corrected chi connectivity index (χ1v) is 5.29. The Labute approximate surface area is 92.7 Å². The van der Waals surface area contributed by atoms with E-state index in [1.807, 2.05) is 0 Å². The smallest absolute Gasteiger partial charge is 0.224 e. The maximum atomic E-state index is 5.64. The van der Waals surface area contributed by atoms with Gasteiger partial charge in [-0.25, -0.2) is 0 Å². The molecule has 0 amide bonds. The van der Waals surface area contributed by atoms with Crippen LogP contribution in [-0.4, -0.2) is 26.2 Å². The molecule has 1 aliphatic carbocycles. The van der Waals surface area contributed by atoms with E-state index >= 15 is 0 Å². The molecule has 0 aliphatic heterocycles. The molecule has 2 aromatic rings. The van der Waals surface area contributed by atoms with Crippen LogP contribution in [0.25, 0.3) is 11.0 Å². The first kappa shape index (κ1) is 9.38. The number of aromatic amines is 1. The van der Waals surface area contributed by atoms with E-state index in [2.05, 4.69) is 39.3 Å². The molecular weight excluding hydrogens is 204 g/mol. The van der Waals surface area contributed by atoms with Gasteiger partial charge in [0.25, 0.3) is 0 Å². The van der Waals surface area contributed by atoms with Crippen molar-refractivity contribution in [2.45, 2.75) is 26.3 Å². The summed E-state index contributed by atoms with van der Waals surface area (Å²) in [5.41, 5.74) is 6.66. The summed E-state index contributed by atoms with van der Waals surface area (Å²) in [6, 6.07) is 0.458. The minimum Gasteiger partial charge on any atom is -0.368 e. The summed E-state index contributed by atoms with van der Waals surface area (Å²) in [6.45, 7) is 4.45. The number of H-pyrrole nitrogens is 1. The quantitative estimate of drug-likeness (QED) is 0.703. The van der Waals surface area contributed by atoms with Crippen molar-refractivity contribution < 1.29 is 0 Å². The lowest BCUT2D eigenvalue weighted by molar-refractivity contribution is 0.630. The van der Waals surface area contributed by atoms with Gasteiger partial charge in [-0.2, -0.15) is 15.1 Å². The SMILES string of the molecule is CC1(C)CC1Nc1nc(N)nc2[nH]ncc12. The second-order valence-electron chi connectivity index (χ2n) is 4.95. The molecule has 84 valence electrons. The zero-order valence-corrected chi connectivity index (χ0v) is 9.28. The average molecular weight is 218 g/mol. The fourth-order valence-electron chi connectivity index (χ4n) is 1.84. The molecule has 2 aromatic heterocycles. The Hall–Kier alpha value is -1.85. The zero-order valence-electron chi connectivity index (χ0n) is 9.28. The number of nitrogen functional groups attached to an aromatic ring is 1. The van der Waals surface area contributed by atoms with Gasteiger partial charge >= 0.3 is 0 Å². The molecule has 1 unspecified atom stereocenters. The van der Waals surface area contributed by atoms with E-state index < -0.39 is 0 Å². The van der Waals surface area contributed by atoms with Crippen molar-refractivity contribution in [2.24, 2.45) is 5.41 Å². The van der Waals surface area contributed by atoms with Crippen molar-refractivity contribution in [3.05, 3.63) is 6.20 Å². The minimum absolute atomic E-state index is 0.262. The van der Waals surface area contributed by atoms with Crippen LogP contribution < -0.4 is 11.1 Å². The lowest BCUT2D eigenvalue weighted by Gasteiger charge is -2.08. The highest BCUT2D eigenvalue weighted by molar-refractivity contribution is 5.87. The van der Waals surface area contributed by atoms with Gasteiger partial charge in [-0.15, -0.1) is 0 Å². The highest BCUT2D eigenvalue weighted by Gasteiger charge is 2.46. The Kier molecular flexibility index (Phi) is 1.66. The number of anilines is 2. The number of hydrogen-bond acceptors (Lipinski definition) is 5. The largest absolute Gasteiger partial charge is 0.368 e. The van der Waals surface area contributed by atoms with E-state index in [1.165, 1.54) is 0 Å². The third-order valence-corrected chi connectivity index (χ3v) is 3.15. The fraction of sp³-hybridized carbons (Fsp3) is 0.500. The van der Waals surface area contributed by atoms with E-state index in [4.69, 9.17) is 5.73 Å². The Morgan fingerprint density at radius 1 is 1.50 bits per heavy atom. The summed E-state index contributed by atoms with van der Waals surface area (Å²) in [6.07, 6.45) is 2.86. The topological polar surface area (TPSA) is 92.5 Å². The maximum Gasteiger partial charge on any atom is 0.224 e. The van der Waals surface area contributed by atoms with Gasteiger partial charge in [0, 0.05) is 6.04 Å². The second-order valence-corrected chi connectivity index (χ2v) is 4.95. The molecule has 0 saturated heterocycles. The summed E-state index contributed by atoms with van der Waals surface area (Å²) >= 11 is 0. The molecule has 0 aromatic carbocycles. The molecule has 1 fully saturated rings. The molecule has 6 heteroatoms.